The first-order valence-corrected chi connectivity index (χ1v) is 4.95. The third kappa shape index (κ3) is 2.25. The van der Waals surface area contributed by atoms with E-state index in [1.165, 1.54) is 29.4 Å². The van der Waals surface area contributed by atoms with Crippen molar-refractivity contribution < 1.29 is 0 Å². The number of aromatic amines is 1. The van der Waals surface area contributed by atoms with Crippen molar-refractivity contribution >= 4 is 22.7 Å². The number of hydrogen-bond acceptors (Lipinski definition) is 4. The predicted molar refractivity (Wildman–Crippen MR) is 57.1 cm³/mol. The summed E-state index contributed by atoms with van der Waals surface area (Å²) in [5, 5.41) is 0.297. The maximum Gasteiger partial charge on any atom is 0.329 e. The zero-order valence-corrected chi connectivity index (χ0v) is 8.59. The van der Waals surface area contributed by atoms with Gasteiger partial charge in [-0.15, -0.1) is 0 Å². The van der Waals surface area contributed by atoms with Crippen LogP contribution < -0.4 is 17.0 Å². The molecule has 0 aromatic carbocycles. The first-order chi connectivity index (χ1) is 6.54. The largest absolute Gasteiger partial charge is 0.378 e. The van der Waals surface area contributed by atoms with Gasteiger partial charge in [0, 0.05) is 13.1 Å². The van der Waals surface area contributed by atoms with E-state index in [1.807, 2.05) is 0 Å². The molecule has 14 heavy (non-hydrogen) atoms. The molecule has 1 rings (SSSR count). The zero-order valence-electron chi connectivity index (χ0n) is 7.77. The summed E-state index contributed by atoms with van der Waals surface area (Å²) in [6.45, 7) is 0. The maximum absolute atomic E-state index is 11.1. The Kier molecular flexibility index (Phi) is 3.13. The third-order valence-corrected chi connectivity index (χ3v) is 2.08. The Balaban J connectivity index is 3.35. The molecule has 7 heteroatoms. The molecule has 0 fully saturated rings. The number of rotatable bonds is 1. The third-order valence-electron chi connectivity index (χ3n) is 1.57. The summed E-state index contributed by atoms with van der Waals surface area (Å²) in [5.74, 6) is 0.241. The van der Waals surface area contributed by atoms with Gasteiger partial charge in [-0.05, 0) is 6.26 Å². The molecular formula is C7H10N4O2S. The van der Waals surface area contributed by atoms with Crippen LogP contribution in [0, 0.1) is 0 Å². The minimum atomic E-state index is -0.509. The van der Waals surface area contributed by atoms with Crippen molar-refractivity contribution in [3.05, 3.63) is 26.9 Å². The highest BCUT2D eigenvalue weighted by atomic mass is 32.2. The van der Waals surface area contributed by atoms with Gasteiger partial charge in [0.2, 0.25) is 0 Å². The van der Waals surface area contributed by atoms with Crippen LogP contribution in [0.5, 0.6) is 0 Å². The van der Waals surface area contributed by atoms with Crippen molar-refractivity contribution in [3.8, 4) is 0 Å². The number of aliphatic imine (C=N–C) groups is 1. The Morgan fingerprint density at radius 1 is 1.64 bits per heavy atom. The average Bonchev–Trinajstić information content (AvgIpc) is 2.13. The minimum absolute atomic E-state index is 0.241. The smallest absolute Gasteiger partial charge is 0.329 e. The van der Waals surface area contributed by atoms with Gasteiger partial charge in [0.1, 0.15) is 5.82 Å². The standard InChI is InChI=1S/C7H10N4O2S/c1-11-4(9-6(8)14-2)3-5(12)10-7(11)13/h3H,1-2H3,(H2,8,9)(H,10,12,13). The van der Waals surface area contributed by atoms with Crippen LogP contribution in [0.2, 0.25) is 0 Å². The number of amidine groups is 1. The van der Waals surface area contributed by atoms with Gasteiger partial charge in [-0.1, -0.05) is 11.8 Å². The Morgan fingerprint density at radius 3 is 2.86 bits per heavy atom. The van der Waals surface area contributed by atoms with Crippen molar-refractivity contribution in [3.63, 3.8) is 0 Å². The molecule has 0 spiro atoms. The highest BCUT2D eigenvalue weighted by Gasteiger charge is 2.00. The lowest BCUT2D eigenvalue weighted by atomic mass is 10.5. The van der Waals surface area contributed by atoms with E-state index in [1.54, 1.807) is 6.26 Å². The van der Waals surface area contributed by atoms with Crippen molar-refractivity contribution in [2.24, 2.45) is 17.8 Å². The van der Waals surface area contributed by atoms with Crippen LogP contribution in [-0.4, -0.2) is 21.0 Å². The summed E-state index contributed by atoms with van der Waals surface area (Å²) in [4.78, 5) is 28.1. The normalized spacial score (nSPS) is 11.7. The number of nitrogens with zero attached hydrogens (tertiary/aromatic N) is 2. The van der Waals surface area contributed by atoms with E-state index in [0.29, 0.717) is 5.17 Å². The van der Waals surface area contributed by atoms with Gasteiger partial charge < -0.3 is 5.73 Å². The number of aromatic nitrogens is 2. The second kappa shape index (κ2) is 4.14. The van der Waals surface area contributed by atoms with E-state index in [9.17, 15) is 9.59 Å². The van der Waals surface area contributed by atoms with Crippen LogP contribution in [0.15, 0.2) is 20.6 Å². The lowest BCUT2D eigenvalue weighted by Crippen LogP contribution is -2.27. The molecule has 0 amide bonds. The second-order valence-corrected chi connectivity index (χ2v) is 3.34. The highest BCUT2D eigenvalue weighted by molar-refractivity contribution is 8.13. The first kappa shape index (κ1) is 10.6. The fourth-order valence-electron chi connectivity index (χ4n) is 0.809. The van der Waals surface area contributed by atoms with Gasteiger partial charge >= 0.3 is 5.69 Å². The molecule has 0 aliphatic heterocycles. The van der Waals surface area contributed by atoms with Crippen molar-refractivity contribution in [2.45, 2.75) is 0 Å². The van der Waals surface area contributed by atoms with Crippen LogP contribution in [0.4, 0.5) is 5.82 Å². The number of hydrogen-bond donors (Lipinski definition) is 2. The maximum atomic E-state index is 11.1. The molecule has 0 saturated carbocycles. The van der Waals surface area contributed by atoms with Crippen LogP contribution in [0.1, 0.15) is 0 Å². The molecule has 6 nitrogen and oxygen atoms in total. The van der Waals surface area contributed by atoms with Crippen LogP contribution in [-0.2, 0) is 7.05 Å². The predicted octanol–water partition coefficient (Wildman–Crippen LogP) is -0.617. The number of H-pyrrole nitrogens is 1. The van der Waals surface area contributed by atoms with Crippen LogP contribution in [0.3, 0.4) is 0 Å². The van der Waals surface area contributed by atoms with Gasteiger partial charge in [-0.25, -0.2) is 9.79 Å². The van der Waals surface area contributed by atoms with Gasteiger partial charge in [0.15, 0.2) is 5.17 Å². The van der Waals surface area contributed by atoms with E-state index < -0.39 is 11.2 Å². The summed E-state index contributed by atoms with van der Waals surface area (Å²) in [6.07, 6.45) is 1.75. The van der Waals surface area contributed by atoms with Gasteiger partial charge in [0.05, 0.1) is 0 Å². The fourth-order valence-corrected chi connectivity index (χ4v) is 0.994. The summed E-state index contributed by atoms with van der Waals surface area (Å²) < 4.78 is 1.21. The van der Waals surface area contributed by atoms with Crippen molar-refractivity contribution in [2.75, 3.05) is 6.26 Å². The highest BCUT2D eigenvalue weighted by Crippen LogP contribution is 2.06. The van der Waals surface area contributed by atoms with Gasteiger partial charge in [-0.3, -0.25) is 14.3 Å². The lowest BCUT2D eigenvalue weighted by Gasteiger charge is -2.01. The molecular weight excluding hydrogens is 204 g/mol. The van der Waals surface area contributed by atoms with E-state index in [0.717, 1.165) is 0 Å². The Labute approximate surface area is 83.9 Å². The minimum Gasteiger partial charge on any atom is -0.378 e. The van der Waals surface area contributed by atoms with E-state index >= 15 is 0 Å². The second-order valence-electron chi connectivity index (χ2n) is 2.51. The molecule has 0 aliphatic carbocycles. The molecule has 1 aromatic rings. The van der Waals surface area contributed by atoms with Crippen molar-refractivity contribution in [1.82, 2.24) is 9.55 Å². The molecule has 0 radical (unpaired) electrons. The molecule has 0 aliphatic rings. The lowest BCUT2D eigenvalue weighted by molar-refractivity contribution is 0.802. The van der Waals surface area contributed by atoms with Crippen molar-refractivity contribution in [1.29, 1.82) is 0 Å². The number of nitrogens with two attached hydrogens (primary N) is 1. The molecule has 0 atom stereocenters. The quantitative estimate of drug-likeness (QED) is 0.481. The molecule has 3 N–H and O–H groups in total. The summed E-state index contributed by atoms with van der Waals surface area (Å²) in [7, 11) is 1.50. The first-order valence-electron chi connectivity index (χ1n) is 3.73. The Morgan fingerprint density at radius 2 is 2.29 bits per heavy atom. The van der Waals surface area contributed by atoms with E-state index in [-0.39, 0.29) is 5.82 Å². The topological polar surface area (TPSA) is 93.2 Å². The van der Waals surface area contributed by atoms with Crippen LogP contribution >= 0.6 is 11.8 Å². The monoisotopic (exact) mass is 214 g/mol. The average molecular weight is 214 g/mol. The fraction of sp³-hybridized carbons (Fsp3) is 0.286. The molecule has 0 saturated heterocycles. The summed E-state index contributed by atoms with van der Waals surface area (Å²) in [5.41, 5.74) is 4.46. The molecule has 0 bridgehead atoms. The van der Waals surface area contributed by atoms with Gasteiger partial charge in [0.25, 0.3) is 5.56 Å². The molecule has 1 heterocycles. The molecule has 1 aromatic heterocycles. The zero-order chi connectivity index (χ0) is 10.7. The Hall–Kier alpha value is -1.50. The SMILES string of the molecule is CSC(N)=Nc1cc(=O)[nH]c(=O)n1C. The van der Waals surface area contributed by atoms with Gasteiger partial charge in [-0.2, -0.15) is 0 Å². The number of nitrogens with one attached hydrogen (secondary N) is 1. The Bertz CT molecular complexity index is 473. The van der Waals surface area contributed by atoms with E-state index in [2.05, 4.69) is 9.98 Å². The molecule has 0 unspecified atom stereocenters. The summed E-state index contributed by atoms with van der Waals surface area (Å²) in [6, 6.07) is 1.21. The number of thioether (sulfide) groups is 1. The molecule has 76 valence electrons. The summed E-state index contributed by atoms with van der Waals surface area (Å²) >= 11 is 1.24. The van der Waals surface area contributed by atoms with E-state index in [4.69, 9.17) is 5.73 Å². The van der Waals surface area contributed by atoms with Crippen LogP contribution in [0.25, 0.3) is 0 Å².